The number of carbonyl (C=O) groups is 1. The van der Waals surface area contributed by atoms with E-state index < -0.39 is 17.1 Å². The summed E-state index contributed by atoms with van der Waals surface area (Å²) in [5.41, 5.74) is 0.622. The van der Waals surface area contributed by atoms with Gasteiger partial charge in [0.25, 0.3) is 0 Å². The molecule has 4 aliphatic rings. The zero-order chi connectivity index (χ0) is 19.7. The Kier molecular flexibility index (Phi) is 4.08. The number of hydrogen-bond donors (Lipinski definition) is 1. The fourth-order valence-corrected chi connectivity index (χ4v) is 6.41. The number of carbonyl (C=O) groups excluding carboxylic acids is 1. The van der Waals surface area contributed by atoms with E-state index in [2.05, 4.69) is 24.9 Å². The number of methoxy groups -OCH3 is 1. The van der Waals surface area contributed by atoms with Gasteiger partial charge in [-0.1, -0.05) is 19.4 Å². The lowest BCUT2D eigenvalue weighted by Crippen LogP contribution is -2.72. The van der Waals surface area contributed by atoms with Gasteiger partial charge in [-0.05, 0) is 56.7 Å². The van der Waals surface area contributed by atoms with Gasteiger partial charge in [-0.3, -0.25) is 9.69 Å². The Bertz CT molecular complexity index is 819. The van der Waals surface area contributed by atoms with Crippen LogP contribution in [-0.4, -0.2) is 54.2 Å². The Morgan fingerprint density at radius 2 is 2.14 bits per heavy atom. The van der Waals surface area contributed by atoms with Crippen LogP contribution in [0.15, 0.2) is 12.1 Å². The van der Waals surface area contributed by atoms with Gasteiger partial charge in [0.05, 0.1) is 18.1 Å². The second-order valence-electron chi connectivity index (χ2n) is 9.34. The Morgan fingerprint density at radius 1 is 1.36 bits per heavy atom. The lowest BCUT2D eigenvalue weighted by molar-refractivity contribution is -0.170. The molecule has 0 amide bonds. The Labute approximate surface area is 167 Å². The minimum Gasteiger partial charge on any atom is -0.493 e. The van der Waals surface area contributed by atoms with Gasteiger partial charge in [0, 0.05) is 24.6 Å². The van der Waals surface area contributed by atoms with Gasteiger partial charge >= 0.3 is 0 Å². The molecule has 5 rings (SSSR count). The van der Waals surface area contributed by atoms with Gasteiger partial charge in [0.15, 0.2) is 23.4 Å². The van der Waals surface area contributed by atoms with Crippen LogP contribution in [0.4, 0.5) is 0 Å². The first-order valence-electron chi connectivity index (χ1n) is 10.8. The minimum atomic E-state index is -0.962. The van der Waals surface area contributed by atoms with Crippen molar-refractivity contribution in [2.24, 2.45) is 5.92 Å². The molecule has 1 N–H and O–H groups in total. The number of benzene rings is 1. The average Bonchev–Trinajstić information content (AvgIpc) is 3.42. The predicted octanol–water partition coefficient (Wildman–Crippen LogP) is 2.85. The zero-order valence-electron chi connectivity index (χ0n) is 17.2. The molecule has 28 heavy (non-hydrogen) atoms. The number of ether oxygens (including phenoxy) is 2. The number of likely N-dealkylation sites (N-methyl/N-ethyl adjacent to an activating group) is 1. The van der Waals surface area contributed by atoms with Crippen LogP contribution < -0.4 is 9.47 Å². The number of ketones is 1. The largest absolute Gasteiger partial charge is 0.493 e. The summed E-state index contributed by atoms with van der Waals surface area (Å²) in [6.45, 7) is 3.15. The SMILES string of the molecule is CCCC12c3c4ccc(OC)c3OC1C(=O)CCC2(O)C(N(C)CC1CC1)C4. The number of hydrogen-bond acceptors (Lipinski definition) is 5. The summed E-state index contributed by atoms with van der Waals surface area (Å²) < 4.78 is 11.9. The van der Waals surface area contributed by atoms with Crippen molar-refractivity contribution >= 4 is 5.78 Å². The number of aliphatic hydroxyl groups is 1. The van der Waals surface area contributed by atoms with E-state index in [1.807, 2.05) is 6.07 Å². The maximum atomic E-state index is 13.0. The highest BCUT2D eigenvalue weighted by Gasteiger charge is 2.71. The molecule has 152 valence electrons. The molecule has 0 radical (unpaired) electrons. The molecule has 0 bridgehead atoms. The normalized spacial score (nSPS) is 35.7. The summed E-state index contributed by atoms with van der Waals surface area (Å²) >= 11 is 0. The highest BCUT2D eigenvalue weighted by atomic mass is 16.5. The van der Waals surface area contributed by atoms with E-state index in [9.17, 15) is 9.90 Å². The van der Waals surface area contributed by atoms with Crippen LogP contribution in [0.5, 0.6) is 11.5 Å². The standard InChI is InChI=1S/C23H31NO4/c1-4-10-22-19-15-7-8-17(27-3)20(19)28-21(22)16(25)9-11-23(22,26)18(12-15)24(2)13-14-5-6-14/h7-8,14,18,21,26H,4-6,9-13H2,1-3H3. The summed E-state index contributed by atoms with van der Waals surface area (Å²) in [6, 6.07) is 4.08. The molecule has 0 saturated heterocycles. The van der Waals surface area contributed by atoms with Crippen molar-refractivity contribution in [3.8, 4) is 11.5 Å². The molecule has 1 aromatic rings. The molecular formula is C23H31NO4. The molecule has 4 unspecified atom stereocenters. The van der Waals surface area contributed by atoms with Gasteiger partial charge < -0.3 is 14.6 Å². The smallest absolute Gasteiger partial charge is 0.174 e. The third kappa shape index (κ3) is 2.23. The Hall–Kier alpha value is -1.59. The van der Waals surface area contributed by atoms with Crippen molar-refractivity contribution in [3.63, 3.8) is 0 Å². The highest BCUT2D eigenvalue weighted by molar-refractivity contribution is 5.89. The Balaban J connectivity index is 1.72. The van der Waals surface area contributed by atoms with E-state index in [1.54, 1.807) is 7.11 Å². The molecule has 4 atom stereocenters. The molecule has 5 heteroatoms. The van der Waals surface area contributed by atoms with Crippen LogP contribution in [-0.2, 0) is 16.6 Å². The maximum absolute atomic E-state index is 13.0. The first-order valence-corrected chi connectivity index (χ1v) is 10.8. The maximum Gasteiger partial charge on any atom is 0.174 e. The topological polar surface area (TPSA) is 59.0 Å². The fraction of sp³-hybridized carbons (Fsp3) is 0.696. The van der Waals surface area contributed by atoms with Crippen LogP contribution in [0.2, 0.25) is 0 Å². The van der Waals surface area contributed by atoms with Gasteiger partial charge in [0.1, 0.15) is 0 Å². The third-order valence-corrected chi connectivity index (χ3v) is 7.76. The lowest BCUT2D eigenvalue weighted by Gasteiger charge is -2.58. The average molecular weight is 386 g/mol. The van der Waals surface area contributed by atoms with Crippen molar-refractivity contribution in [2.45, 2.75) is 75.0 Å². The number of Topliss-reactive ketones (excluding diaryl/α,β-unsaturated/α-hetero) is 1. The quantitative estimate of drug-likeness (QED) is 0.816. The monoisotopic (exact) mass is 385 g/mol. The minimum absolute atomic E-state index is 0.00527. The van der Waals surface area contributed by atoms with Crippen LogP contribution in [0.1, 0.15) is 56.6 Å². The summed E-state index contributed by atoms with van der Waals surface area (Å²) in [4.78, 5) is 15.4. The zero-order valence-corrected chi connectivity index (χ0v) is 17.2. The molecule has 1 aliphatic heterocycles. The molecule has 2 fully saturated rings. The number of nitrogens with zero attached hydrogens (tertiary/aromatic N) is 1. The molecule has 1 heterocycles. The van der Waals surface area contributed by atoms with E-state index in [-0.39, 0.29) is 11.8 Å². The van der Waals surface area contributed by atoms with E-state index in [1.165, 1.54) is 18.4 Å². The molecule has 5 nitrogen and oxygen atoms in total. The van der Waals surface area contributed by atoms with Gasteiger partial charge in [-0.15, -0.1) is 0 Å². The van der Waals surface area contributed by atoms with E-state index >= 15 is 0 Å². The molecule has 2 saturated carbocycles. The summed E-state index contributed by atoms with van der Waals surface area (Å²) in [5.74, 6) is 2.23. The van der Waals surface area contributed by atoms with Gasteiger partial charge in [-0.2, -0.15) is 0 Å². The number of rotatable bonds is 6. The summed E-state index contributed by atoms with van der Waals surface area (Å²) in [5, 5.41) is 12.4. The third-order valence-electron chi connectivity index (χ3n) is 7.76. The molecule has 1 aromatic carbocycles. The van der Waals surface area contributed by atoms with Gasteiger partial charge in [0.2, 0.25) is 0 Å². The Morgan fingerprint density at radius 3 is 2.82 bits per heavy atom. The van der Waals surface area contributed by atoms with Crippen molar-refractivity contribution in [1.29, 1.82) is 0 Å². The van der Waals surface area contributed by atoms with Crippen LogP contribution >= 0.6 is 0 Å². The van der Waals surface area contributed by atoms with Crippen molar-refractivity contribution < 1.29 is 19.4 Å². The summed E-state index contributed by atoms with van der Waals surface area (Å²) in [7, 11) is 3.79. The molecule has 3 aliphatic carbocycles. The van der Waals surface area contributed by atoms with Crippen LogP contribution in [0.3, 0.4) is 0 Å². The first kappa shape index (κ1) is 18.4. The molecular weight excluding hydrogens is 354 g/mol. The van der Waals surface area contributed by atoms with Crippen molar-refractivity contribution in [3.05, 3.63) is 23.3 Å². The molecule has 0 aromatic heterocycles. The van der Waals surface area contributed by atoms with E-state index in [4.69, 9.17) is 9.47 Å². The lowest BCUT2D eigenvalue weighted by atomic mass is 9.50. The van der Waals surface area contributed by atoms with Gasteiger partial charge in [-0.25, -0.2) is 0 Å². The predicted molar refractivity (Wildman–Crippen MR) is 106 cm³/mol. The van der Waals surface area contributed by atoms with E-state index in [0.717, 1.165) is 37.3 Å². The second kappa shape index (κ2) is 6.20. The first-order chi connectivity index (χ1) is 13.5. The molecule has 0 spiro atoms. The summed E-state index contributed by atoms with van der Waals surface area (Å²) in [6.07, 6.45) is 5.31. The second-order valence-corrected chi connectivity index (χ2v) is 9.34. The van der Waals surface area contributed by atoms with Crippen LogP contribution in [0.25, 0.3) is 0 Å². The highest BCUT2D eigenvalue weighted by Crippen LogP contribution is 2.63. The van der Waals surface area contributed by atoms with Crippen molar-refractivity contribution in [1.82, 2.24) is 4.90 Å². The van der Waals surface area contributed by atoms with Crippen molar-refractivity contribution in [2.75, 3.05) is 20.7 Å². The fourth-order valence-electron chi connectivity index (χ4n) is 6.41. The van der Waals surface area contributed by atoms with E-state index in [0.29, 0.717) is 24.3 Å². The van der Waals surface area contributed by atoms with Crippen LogP contribution in [0, 0.1) is 5.92 Å².